The Balaban J connectivity index is 0.000000453. The number of rotatable bonds is 10. The van der Waals surface area contributed by atoms with Crippen LogP contribution in [-0.2, 0) is 4.79 Å². The molecular formula is C32H32F8N2O3. The number of hydrogen-bond acceptors (Lipinski definition) is 4. The summed E-state index contributed by atoms with van der Waals surface area (Å²) in [5.41, 5.74) is 0.915. The van der Waals surface area contributed by atoms with E-state index in [1.807, 2.05) is 18.2 Å². The van der Waals surface area contributed by atoms with Gasteiger partial charge in [0.25, 0.3) is 0 Å². The van der Waals surface area contributed by atoms with Crippen LogP contribution in [0.3, 0.4) is 0 Å². The fourth-order valence-electron chi connectivity index (χ4n) is 4.05. The third-order valence-electron chi connectivity index (χ3n) is 6.06. The molecule has 5 nitrogen and oxygen atoms in total. The first-order valence-electron chi connectivity index (χ1n) is 13.2. The molecule has 4 rings (SSSR count). The summed E-state index contributed by atoms with van der Waals surface area (Å²) in [6.07, 6.45) is -0.449. The van der Waals surface area contributed by atoms with Crippen molar-refractivity contribution < 1.29 is 49.4 Å². The van der Waals surface area contributed by atoms with Crippen LogP contribution < -0.4 is 15.4 Å². The lowest BCUT2D eigenvalue weighted by molar-refractivity contribution is -0.253. The molecule has 1 saturated carbocycles. The quantitative estimate of drug-likeness (QED) is 0.138. The van der Waals surface area contributed by atoms with Crippen LogP contribution in [0.25, 0.3) is 0 Å². The van der Waals surface area contributed by atoms with Gasteiger partial charge in [0.05, 0.1) is 11.6 Å². The van der Waals surface area contributed by atoms with Crippen LogP contribution in [-0.4, -0.2) is 44.7 Å². The molecule has 0 bridgehead atoms. The number of terminal acetylenes is 1. The summed E-state index contributed by atoms with van der Waals surface area (Å²) in [6, 6.07) is 14.3. The molecule has 1 aliphatic rings. The van der Waals surface area contributed by atoms with Gasteiger partial charge >= 0.3 is 12.5 Å². The van der Waals surface area contributed by atoms with Crippen molar-refractivity contribution >= 4 is 12.7 Å². The zero-order valence-electron chi connectivity index (χ0n) is 24.3. The van der Waals surface area contributed by atoms with Crippen molar-refractivity contribution in [3.05, 3.63) is 101 Å². The number of carbonyl (C=O) groups excluding carboxylic acids is 2. The number of amides is 1. The van der Waals surface area contributed by atoms with Gasteiger partial charge in [0.1, 0.15) is 17.4 Å². The van der Waals surface area contributed by atoms with Crippen molar-refractivity contribution in [2.75, 3.05) is 13.6 Å². The molecule has 0 aromatic heterocycles. The zero-order chi connectivity index (χ0) is 34.2. The van der Waals surface area contributed by atoms with Crippen molar-refractivity contribution in [3.63, 3.8) is 0 Å². The highest BCUT2D eigenvalue weighted by Gasteiger charge is 2.45. The zero-order valence-corrected chi connectivity index (χ0v) is 24.3. The van der Waals surface area contributed by atoms with E-state index < -0.39 is 41.9 Å². The van der Waals surface area contributed by atoms with Crippen molar-refractivity contribution in [1.82, 2.24) is 10.6 Å². The first-order chi connectivity index (χ1) is 21.2. The molecule has 0 heterocycles. The summed E-state index contributed by atoms with van der Waals surface area (Å²) in [4.78, 5) is 21.7. The average Bonchev–Trinajstić information content (AvgIpc) is 2.97. The van der Waals surface area contributed by atoms with Crippen LogP contribution in [0.1, 0.15) is 45.9 Å². The second-order valence-electron chi connectivity index (χ2n) is 9.64. The molecule has 2 N–H and O–H groups in total. The standard InChI is InChI=1S/C17H11F6NO3.C7H8.C6H11F2N.C2H2/c18-12-4-10(5-13(6-12)27-17(22,23)16(20)21)15(24-8-26)9-1-2-14(19)11(3-9)7-25;1-7-5-3-2-4-6-7;1-9-4-5-2-6(7,8)3-5;1-2/h1-8,15-16H,(H,24,26);2-6H,1H3;5,9H,2-4H2,1H3;1-2H/t15-;;;/m1.../s1. The Hall–Kier alpha value is -4.44. The van der Waals surface area contributed by atoms with Crippen LogP contribution in [0.5, 0.6) is 5.75 Å². The number of ether oxygens (including phenoxy) is 1. The number of aryl methyl sites for hydroxylation is 1. The first-order valence-corrected chi connectivity index (χ1v) is 13.2. The van der Waals surface area contributed by atoms with Crippen LogP contribution in [0.15, 0.2) is 66.7 Å². The number of halogens is 8. The predicted molar refractivity (Wildman–Crippen MR) is 153 cm³/mol. The molecule has 244 valence electrons. The Morgan fingerprint density at radius 3 is 2.07 bits per heavy atom. The minimum absolute atomic E-state index is 0.0772. The molecule has 0 radical (unpaired) electrons. The smallest absolute Gasteiger partial charge is 0.428 e. The molecule has 3 aromatic carbocycles. The second kappa shape index (κ2) is 18.4. The van der Waals surface area contributed by atoms with Crippen molar-refractivity contribution in [1.29, 1.82) is 0 Å². The Morgan fingerprint density at radius 1 is 0.978 bits per heavy atom. The molecule has 0 aliphatic heterocycles. The van der Waals surface area contributed by atoms with Crippen molar-refractivity contribution in [2.45, 2.75) is 44.3 Å². The number of alkyl halides is 6. The lowest BCUT2D eigenvalue weighted by Crippen LogP contribution is -2.40. The fourth-order valence-corrected chi connectivity index (χ4v) is 4.05. The number of hydrogen-bond donors (Lipinski definition) is 2. The maximum Gasteiger partial charge on any atom is 0.461 e. The molecular weight excluding hydrogens is 612 g/mol. The summed E-state index contributed by atoms with van der Waals surface area (Å²) in [5.74, 6) is -5.00. The lowest BCUT2D eigenvalue weighted by Gasteiger charge is -2.34. The lowest BCUT2D eigenvalue weighted by atomic mass is 9.81. The molecule has 45 heavy (non-hydrogen) atoms. The molecule has 1 aliphatic carbocycles. The van der Waals surface area contributed by atoms with Crippen LogP contribution in [0, 0.1) is 37.3 Å². The van der Waals surface area contributed by atoms with Crippen LogP contribution in [0.4, 0.5) is 35.1 Å². The second-order valence-corrected chi connectivity index (χ2v) is 9.64. The van der Waals surface area contributed by atoms with E-state index in [2.05, 4.69) is 47.3 Å². The first kappa shape index (κ1) is 38.6. The van der Waals surface area contributed by atoms with Crippen molar-refractivity contribution in [3.8, 4) is 18.6 Å². The highest BCUT2D eigenvalue weighted by molar-refractivity contribution is 5.75. The SMILES string of the molecule is C#C.CNCC1CC(F)(F)C1.Cc1ccccc1.O=CN[C@@H](c1cc(F)cc(OC(F)(F)C(F)F)c1)c1ccc(F)c(C=O)c1. The monoisotopic (exact) mass is 644 g/mol. The maximum atomic E-state index is 13.8. The van der Waals surface area contributed by atoms with Crippen LogP contribution in [0.2, 0.25) is 0 Å². The van der Waals surface area contributed by atoms with Gasteiger partial charge in [0.2, 0.25) is 12.3 Å². The van der Waals surface area contributed by atoms with E-state index in [1.165, 1.54) is 11.6 Å². The number of nitrogens with one attached hydrogen (secondary N) is 2. The Kier molecular flexibility index (Phi) is 15.8. The highest BCUT2D eigenvalue weighted by Crippen LogP contribution is 2.41. The highest BCUT2D eigenvalue weighted by atomic mass is 19.3. The Bertz CT molecular complexity index is 1360. The topological polar surface area (TPSA) is 67.4 Å². The van der Waals surface area contributed by atoms with E-state index in [9.17, 15) is 44.7 Å². The molecule has 1 amide bonds. The van der Waals surface area contributed by atoms with Gasteiger partial charge in [-0.15, -0.1) is 12.8 Å². The summed E-state index contributed by atoms with van der Waals surface area (Å²) in [6.45, 7) is 2.82. The van der Waals surface area contributed by atoms with E-state index in [1.54, 1.807) is 7.05 Å². The third kappa shape index (κ3) is 13.0. The molecule has 13 heteroatoms. The Labute approximate surface area is 256 Å². The third-order valence-corrected chi connectivity index (χ3v) is 6.06. The van der Waals surface area contributed by atoms with Gasteiger partial charge in [0, 0.05) is 18.9 Å². The molecule has 0 spiro atoms. The number of benzene rings is 3. The molecule has 3 aromatic rings. The predicted octanol–water partition coefficient (Wildman–Crippen LogP) is 7.34. The minimum Gasteiger partial charge on any atom is -0.428 e. The molecule has 1 fully saturated rings. The number of aldehydes is 1. The summed E-state index contributed by atoms with van der Waals surface area (Å²) < 4.78 is 106. The molecule has 0 saturated heterocycles. The summed E-state index contributed by atoms with van der Waals surface area (Å²) in [7, 11) is 1.79. The number of carbonyl (C=O) groups is 2. The van der Waals surface area contributed by atoms with Gasteiger partial charge in [-0.2, -0.15) is 17.6 Å². The van der Waals surface area contributed by atoms with Gasteiger partial charge in [0.15, 0.2) is 6.29 Å². The summed E-state index contributed by atoms with van der Waals surface area (Å²) in [5, 5.41) is 5.12. The minimum atomic E-state index is -4.86. The largest absolute Gasteiger partial charge is 0.461 e. The van der Waals surface area contributed by atoms with E-state index in [-0.39, 0.29) is 48.1 Å². The average molecular weight is 645 g/mol. The van der Waals surface area contributed by atoms with E-state index in [0.29, 0.717) is 6.07 Å². The van der Waals surface area contributed by atoms with Crippen molar-refractivity contribution in [2.24, 2.45) is 5.92 Å². The van der Waals surface area contributed by atoms with E-state index in [0.717, 1.165) is 30.8 Å². The van der Waals surface area contributed by atoms with Crippen LogP contribution >= 0.6 is 0 Å². The van der Waals surface area contributed by atoms with Gasteiger partial charge in [-0.3, -0.25) is 9.59 Å². The maximum absolute atomic E-state index is 13.8. The van der Waals surface area contributed by atoms with E-state index in [4.69, 9.17) is 0 Å². The van der Waals surface area contributed by atoms with E-state index >= 15 is 0 Å². The summed E-state index contributed by atoms with van der Waals surface area (Å²) >= 11 is 0. The van der Waals surface area contributed by atoms with Gasteiger partial charge in [-0.1, -0.05) is 42.0 Å². The normalized spacial score (nSPS) is 14.1. The fraction of sp³-hybridized carbons (Fsp3) is 0.312. The molecule has 1 atom stereocenters. The van der Waals surface area contributed by atoms with Gasteiger partial charge in [-0.05, 0) is 61.8 Å². The Morgan fingerprint density at radius 2 is 1.60 bits per heavy atom. The van der Waals surface area contributed by atoms with Gasteiger partial charge in [-0.25, -0.2) is 17.6 Å². The van der Waals surface area contributed by atoms with Gasteiger partial charge < -0.3 is 15.4 Å². The molecule has 0 unspecified atom stereocenters.